The van der Waals surface area contributed by atoms with Gasteiger partial charge in [0.15, 0.2) is 0 Å². The molecule has 0 fully saturated rings. The molecule has 2 aromatic carbocycles. The van der Waals surface area contributed by atoms with E-state index < -0.39 is 18.0 Å². The van der Waals surface area contributed by atoms with Crippen molar-refractivity contribution in [2.75, 3.05) is 19.0 Å². The number of anilines is 1. The zero-order chi connectivity index (χ0) is 15.9. The van der Waals surface area contributed by atoms with E-state index >= 15 is 0 Å². The SMILES string of the molecule is COc1cccc(NC(=O)NCC(O)c2cccc(F)c2)c1. The highest BCUT2D eigenvalue weighted by atomic mass is 19.1. The van der Waals surface area contributed by atoms with Crippen LogP contribution in [-0.2, 0) is 0 Å². The molecule has 1 atom stereocenters. The van der Waals surface area contributed by atoms with E-state index in [0.29, 0.717) is 17.0 Å². The molecular weight excluding hydrogens is 287 g/mol. The van der Waals surface area contributed by atoms with Crippen molar-refractivity contribution in [2.45, 2.75) is 6.10 Å². The Bertz CT molecular complexity index is 649. The van der Waals surface area contributed by atoms with Gasteiger partial charge in [-0.2, -0.15) is 0 Å². The normalized spacial score (nSPS) is 11.6. The lowest BCUT2D eigenvalue weighted by molar-refractivity contribution is 0.174. The van der Waals surface area contributed by atoms with Crippen molar-refractivity contribution in [3.8, 4) is 5.75 Å². The molecule has 2 rings (SSSR count). The molecule has 0 heterocycles. The van der Waals surface area contributed by atoms with Crippen molar-refractivity contribution >= 4 is 11.7 Å². The van der Waals surface area contributed by atoms with Crippen LogP contribution in [0.4, 0.5) is 14.9 Å². The number of hydrogen-bond acceptors (Lipinski definition) is 3. The van der Waals surface area contributed by atoms with E-state index in [1.165, 1.54) is 25.3 Å². The Kier molecular flexibility index (Phi) is 5.32. The number of carbonyl (C=O) groups is 1. The van der Waals surface area contributed by atoms with Crippen LogP contribution in [0.5, 0.6) is 5.75 Å². The molecule has 2 amide bonds. The smallest absolute Gasteiger partial charge is 0.319 e. The van der Waals surface area contributed by atoms with E-state index in [4.69, 9.17) is 4.74 Å². The second-order valence-corrected chi connectivity index (χ2v) is 4.64. The summed E-state index contributed by atoms with van der Waals surface area (Å²) >= 11 is 0. The minimum Gasteiger partial charge on any atom is -0.497 e. The Morgan fingerprint density at radius 2 is 2.05 bits per heavy atom. The van der Waals surface area contributed by atoms with E-state index in [9.17, 15) is 14.3 Å². The third kappa shape index (κ3) is 4.46. The highest BCUT2D eigenvalue weighted by molar-refractivity contribution is 5.89. The molecule has 0 aromatic heterocycles. The van der Waals surface area contributed by atoms with Crippen LogP contribution in [-0.4, -0.2) is 24.8 Å². The lowest BCUT2D eigenvalue weighted by Gasteiger charge is -2.13. The molecule has 0 radical (unpaired) electrons. The zero-order valence-corrected chi connectivity index (χ0v) is 12.0. The molecule has 0 aliphatic heterocycles. The van der Waals surface area contributed by atoms with Crippen molar-refractivity contribution < 1.29 is 19.0 Å². The maximum atomic E-state index is 13.1. The van der Waals surface area contributed by atoms with E-state index in [1.807, 2.05) is 0 Å². The van der Waals surface area contributed by atoms with Gasteiger partial charge in [0.05, 0.1) is 13.2 Å². The van der Waals surface area contributed by atoms with Gasteiger partial charge < -0.3 is 20.5 Å². The molecule has 0 saturated heterocycles. The number of halogens is 1. The average molecular weight is 304 g/mol. The third-order valence-electron chi connectivity index (χ3n) is 3.02. The zero-order valence-electron chi connectivity index (χ0n) is 12.0. The lowest BCUT2D eigenvalue weighted by Crippen LogP contribution is -2.32. The highest BCUT2D eigenvalue weighted by Gasteiger charge is 2.10. The van der Waals surface area contributed by atoms with Gasteiger partial charge in [-0.15, -0.1) is 0 Å². The first-order valence-corrected chi connectivity index (χ1v) is 6.71. The fourth-order valence-electron chi connectivity index (χ4n) is 1.90. The van der Waals surface area contributed by atoms with Crippen LogP contribution in [0.25, 0.3) is 0 Å². The van der Waals surface area contributed by atoms with Gasteiger partial charge in [-0.3, -0.25) is 0 Å². The third-order valence-corrected chi connectivity index (χ3v) is 3.02. The Morgan fingerprint density at radius 1 is 1.27 bits per heavy atom. The van der Waals surface area contributed by atoms with Gasteiger partial charge in [-0.25, -0.2) is 9.18 Å². The van der Waals surface area contributed by atoms with E-state index in [0.717, 1.165) is 0 Å². The molecule has 0 aliphatic rings. The standard InChI is InChI=1S/C16H17FN2O3/c1-22-14-7-3-6-13(9-14)19-16(21)18-10-15(20)11-4-2-5-12(17)8-11/h2-9,15,20H,10H2,1H3,(H2,18,19,21). The summed E-state index contributed by atoms with van der Waals surface area (Å²) < 4.78 is 18.1. The van der Waals surface area contributed by atoms with E-state index in [-0.39, 0.29) is 6.54 Å². The summed E-state index contributed by atoms with van der Waals surface area (Å²) in [6, 6.07) is 12.0. The average Bonchev–Trinajstić information content (AvgIpc) is 2.52. The summed E-state index contributed by atoms with van der Waals surface area (Å²) in [4.78, 5) is 11.8. The van der Waals surface area contributed by atoms with Crippen LogP contribution < -0.4 is 15.4 Å². The molecule has 0 saturated carbocycles. The van der Waals surface area contributed by atoms with Crippen molar-refractivity contribution in [2.24, 2.45) is 0 Å². The Labute approximate surface area is 127 Å². The second kappa shape index (κ2) is 7.42. The second-order valence-electron chi connectivity index (χ2n) is 4.64. The van der Waals surface area contributed by atoms with Crippen molar-refractivity contribution in [3.05, 3.63) is 59.9 Å². The Balaban J connectivity index is 1.87. The molecule has 1 unspecified atom stereocenters. The van der Waals surface area contributed by atoms with E-state index in [1.54, 1.807) is 30.3 Å². The van der Waals surface area contributed by atoms with Gasteiger partial charge in [-0.05, 0) is 29.8 Å². The number of nitrogens with one attached hydrogen (secondary N) is 2. The van der Waals surface area contributed by atoms with Crippen LogP contribution in [0.2, 0.25) is 0 Å². The van der Waals surface area contributed by atoms with Crippen LogP contribution in [0.1, 0.15) is 11.7 Å². The predicted octanol–water partition coefficient (Wildman–Crippen LogP) is 2.69. The summed E-state index contributed by atoms with van der Waals surface area (Å²) in [5.74, 6) is 0.190. The van der Waals surface area contributed by atoms with Crippen molar-refractivity contribution in [1.82, 2.24) is 5.32 Å². The number of aliphatic hydroxyl groups excluding tert-OH is 1. The molecule has 0 spiro atoms. The van der Waals surface area contributed by atoms with Gasteiger partial charge in [0.2, 0.25) is 0 Å². The van der Waals surface area contributed by atoms with Crippen molar-refractivity contribution in [3.63, 3.8) is 0 Å². The molecule has 2 aromatic rings. The Morgan fingerprint density at radius 3 is 2.77 bits per heavy atom. The van der Waals surface area contributed by atoms with Gasteiger partial charge in [0.25, 0.3) is 0 Å². The maximum absolute atomic E-state index is 13.1. The molecule has 0 bridgehead atoms. The summed E-state index contributed by atoms with van der Waals surface area (Å²) in [7, 11) is 1.54. The molecule has 6 heteroatoms. The summed E-state index contributed by atoms with van der Waals surface area (Å²) in [5.41, 5.74) is 0.971. The lowest BCUT2D eigenvalue weighted by atomic mass is 10.1. The van der Waals surface area contributed by atoms with Crippen LogP contribution in [0, 0.1) is 5.82 Å². The number of carbonyl (C=O) groups excluding carboxylic acids is 1. The first-order chi connectivity index (χ1) is 10.6. The number of benzene rings is 2. The number of ether oxygens (including phenoxy) is 1. The number of urea groups is 1. The van der Waals surface area contributed by atoms with Gasteiger partial charge in [0.1, 0.15) is 11.6 Å². The molecule has 22 heavy (non-hydrogen) atoms. The topological polar surface area (TPSA) is 70.6 Å². The first kappa shape index (κ1) is 15.8. The van der Waals surface area contributed by atoms with Crippen LogP contribution in [0.15, 0.2) is 48.5 Å². The first-order valence-electron chi connectivity index (χ1n) is 6.71. The fraction of sp³-hybridized carbons (Fsp3) is 0.188. The molecule has 3 N–H and O–H groups in total. The van der Waals surface area contributed by atoms with Crippen molar-refractivity contribution in [1.29, 1.82) is 0 Å². The number of methoxy groups -OCH3 is 1. The molecule has 5 nitrogen and oxygen atoms in total. The molecular formula is C16H17FN2O3. The largest absolute Gasteiger partial charge is 0.497 e. The Hall–Kier alpha value is -2.60. The summed E-state index contributed by atoms with van der Waals surface area (Å²) in [6.45, 7) is -0.0285. The number of rotatable bonds is 5. The highest BCUT2D eigenvalue weighted by Crippen LogP contribution is 2.17. The monoisotopic (exact) mass is 304 g/mol. The van der Waals surface area contributed by atoms with Gasteiger partial charge >= 0.3 is 6.03 Å². The van der Waals surface area contributed by atoms with Gasteiger partial charge in [-0.1, -0.05) is 18.2 Å². The van der Waals surface area contributed by atoms with Crippen LogP contribution in [0.3, 0.4) is 0 Å². The quantitative estimate of drug-likeness (QED) is 0.795. The number of amides is 2. The summed E-state index contributed by atoms with van der Waals surface area (Å²) in [6.07, 6.45) is -0.980. The minimum absolute atomic E-state index is 0.0285. The minimum atomic E-state index is -0.980. The van der Waals surface area contributed by atoms with E-state index in [2.05, 4.69) is 10.6 Å². The van der Waals surface area contributed by atoms with Crippen LogP contribution >= 0.6 is 0 Å². The number of aliphatic hydroxyl groups is 1. The van der Waals surface area contributed by atoms with Gasteiger partial charge in [0, 0.05) is 18.3 Å². The molecule has 116 valence electrons. The number of hydrogen-bond donors (Lipinski definition) is 3. The molecule has 0 aliphatic carbocycles. The summed E-state index contributed by atoms with van der Waals surface area (Å²) in [5, 5.41) is 15.1. The maximum Gasteiger partial charge on any atom is 0.319 e. The fourth-order valence-corrected chi connectivity index (χ4v) is 1.90. The predicted molar refractivity (Wildman–Crippen MR) is 81.4 cm³/mol.